The quantitative estimate of drug-likeness (QED) is 0.523. The normalized spacial score (nSPS) is 12.7. The number of unbranched alkanes of at least 4 members (excludes halogenated alkanes) is 2. The van der Waals surface area contributed by atoms with Crippen LogP contribution >= 0.6 is 0 Å². The van der Waals surface area contributed by atoms with Crippen LogP contribution in [0.5, 0.6) is 0 Å². The van der Waals surface area contributed by atoms with Crippen LogP contribution in [0.1, 0.15) is 33.1 Å². The molecule has 0 radical (unpaired) electrons. The maximum Gasteiger partial charge on any atom is 0.0905 e. The molecule has 0 amide bonds. The standard InChI is InChI=1S/C8H20N.C3H6O3/c1-5-6-7-8-9(2,3)4;1-2(4)3(5)6/h5-8H2,1-4H3;2,4H,1H3,(H,5,6)/q+1;/p-1. The number of quaternary nitrogens is 1. The summed E-state index contributed by atoms with van der Waals surface area (Å²) in [5.41, 5.74) is 0. The van der Waals surface area contributed by atoms with Gasteiger partial charge in [-0.2, -0.15) is 0 Å². The molecular weight excluding hydrogens is 194 g/mol. The van der Waals surface area contributed by atoms with Gasteiger partial charge in [0.1, 0.15) is 0 Å². The predicted octanol–water partition coefficient (Wildman–Crippen LogP) is -0.0001000. The molecule has 92 valence electrons. The summed E-state index contributed by atoms with van der Waals surface area (Å²) in [6.07, 6.45) is 2.75. The number of carboxylic acid groups (broad SMARTS) is 1. The van der Waals surface area contributed by atoms with Gasteiger partial charge in [0.05, 0.1) is 39.8 Å². The number of aliphatic hydroxyl groups is 1. The van der Waals surface area contributed by atoms with Crippen molar-refractivity contribution in [1.29, 1.82) is 0 Å². The van der Waals surface area contributed by atoms with Crippen molar-refractivity contribution in [2.75, 3.05) is 27.7 Å². The summed E-state index contributed by atoms with van der Waals surface area (Å²) in [7, 11) is 6.74. The van der Waals surface area contributed by atoms with Gasteiger partial charge in [-0.15, -0.1) is 0 Å². The van der Waals surface area contributed by atoms with Gasteiger partial charge in [0.2, 0.25) is 0 Å². The molecule has 1 N–H and O–H groups in total. The molecule has 0 heterocycles. The molecule has 15 heavy (non-hydrogen) atoms. The summed E-state index contributed by atoms with van der Waals surface area (Å²) in [5.74, 6) is -1.44. The summed E-state index contributed by atoms with van der Waals surface area (Å²) in [4.78, 5) is 9.34. The van der Waals surface area contributed by atoms with E-state index < -0.39 is 12.1 Å². The van der Waals surface area contributed by atoms with Crippen LogP contribution in [0.2, 0.25) is 0 Å². The predicted molar refractivity (Wildman–Crippen MR) is 59.1 cm³/mol. The van der Waals surface area contributed by atoms with E-state index in [-0.39, 0.29) is 0 Å². The number of rotatable bonds is 5. The van der Waals surface area contributed by atoms with Crippen molar-refractivity contribution < 1.29 is 19.5 Å². The molecule has 1 atom stereocenters. The van der Waals surface area contributed by atoms with Crippen molar-refractivity contribution in [3.63, 3.8) is 0 Å². The Labute approximate surface area is 93.1 Å². The van der Waals surface area contributed by atoms with Gasteiger partial charge in [-0.1, -0.05) is 13.3 Å². The second kappa shape index (κ2) is 8.68. The van der Waals surface area contributed by atoms with Crippen LogP contribution in [0, 0.1) is 0 Å². The van der Waals surface area contributed by atoms with Gasteiger partial charge in [0.15, 0.2) is 0 Å². The maximum absolute atomic E-state index is 9.34. The van der Waals surface area contributed by atoms with Crippen molar-refractivity contribution in [2.45, 2.75) is 39.2 Å². The number of nitrogens with zero attached hydrogens (tertiary/aromatic N) is 1. The fourth-order valence-electron chi connectivity index (χ4n) is 0.836. The van der Waals surface area contributed by atoms with E-state index in [1.807, 2.05) is 0 Å². The lowest BCUT2D eigenvalue weighted by Crippen LogP contribution is -2.35. The molecule has 0 aromatic rings. The molecule has 0 aliphatic carbocycles. The van der Waals surface area contributed by atoms with E-state index in [9.17, 15) is 9.90 Å². The highest BCUT2D eigenvalue weighted by Crippen LogP contribution is 1.98. The number of carboxylic acids is 1. The Kier molecular flexibility index (Phi) is 9.72. The third-order valence-electron chi connectivity index (χ3n) is 1.77. The van der Waals surface area contributed by atoms with Gasteiger partial charge < -0.3 is 19.5 Å². The Balaban J connectivity index is 0. The Morgan fingerprint density at radius 1 is 1.33 bits per heavy atom. The Hall–Kier alpha value is -0.610. The maximum atomic E-state index is 9.34. The zero-order valence-corrected chi connectivity index (χ0v) is 10.6. The number of hydrogen-bond donors (Lipinski definition) is 1. The molecular formula is C11H25NO3. The number of aliphatic carboxylic acids is 1. The van der Waals surface area contributed by atoms with Crippen LogP contribution in [0.4, 0.5) is 0 Å². The molecule has 0 aromatic heterocycles. The van der Waals surface area contributed by atoms with Crippen molar-refractivity contribution in [1.82, 2.24) is 0 Å². The Morgan fingerprint density at radius 3 is 1.93 bits per heavy atom. The summed E-state index contributed by atoms with van der Waals surface area (Å²) in [6, 6.07) is 0. The van der Waals surface area contributed by atoms with Crippen LogP contribution in [-0.4, -0.2) is 49.4 Å². The molecule has 0 aliphatic heterocycles. The van der Waals surface area contributed by atoms with Gasteiger partial charge in [0, 0.05) is 0 Å². The van der Waals surface area contributed by atoms with Crippen LogP contribution in [0.25, 0.3) is 0 Å². The molecule has 4 nitrogen and oxygen atoms in total. The Bertz CT molecular complexity index is 162. The van der Waals surface area contributed by atoms with E-state index in [0.717, 1.165) is 11.4 Å². The zero-order valence-electron chi connectivity index (χ0n) is 10.6. The minimum absolute atomic E-state index is 1.11. The highest BCUT2D eigenvalue weighted by Gasteiger charge is 2.03. The third kappa shape index (κ3) is 19.7. The second-order valence-electron chi connectivity index (χ2n) is 4.72. The Morgan fingerprint density at radius 2 is 1.73 bits per heavy atom. The first-order valence-electron chi connectivity index (χ1n) is 5.40. The fourth-order valence-corrected chi connectivity index (χ4v) is 0.836. The highest BCUT2D eigenvalue weighted by molar-refractivity contribution is 5.68. The lowest BCUT2D eigenvalue weighted by atomic mass is 10.2. The number of carbonyl (C=O) groups excluding carboxylic acids is 1. The summed E-state index contributed by atoms with van der Waals surface area (Å²) in [6.45, 7) is 4.69. The number of hydrogen-bond acceptors (Lipinski definition) is 3. The van der Waals surface area contributed by atoms with Crippen molar-refractivity contribution in [2.24, 2.45) is 0 Å². The molecule has 0 rings (SSSR count). The fraction of sp³-hybridized carbons (Fsp3) is 0.909. The molecule has 0 saturated heterocycles. The lowest BCUT2D eigenvalue weighted by molar-refractivity contribution is -0.870. The monoisotopic (exact) mass is 219 g/mol. The first kappa shape index (κ1) is 16.8. The van der Waals surface area contributed by atoms with Crippen molar-refractivity contribution in [3.05, 3.63) is 0 Å². The van der Waals surface area contributed by atoms with Crippen molar-refractivity contribution >= 4 is 5.97 Å². The molecule has 0 aromatic carbocycles. The average Bonchev–Trinajstić information content (AvgIpc) is 2.03. The van der Waals surface area contributed by atoms with E-state index in [4.69, 9.17) is 5.11 Å². The van der Waals surface area contributed by atoms with Crippen LogP contribution in [0.3, 0.4) is 0 Å². The molecule has 0 bridgehead atoms. The average molecular weight is 219 g/mol. The zero-order chi connectivity index (χ0) is 12.5. The van der Waals surface area contributed by atoms with E-state index >= 15 is 0 Å². The van der Waals surface area contributed by atoms with Gasteiger partial charge in [-0.25, -0.2) is 0 Å². The molecule has 0 spiro atoms. The third-order valence-corrected chi connectivity index (χ3v) is 1.77. The molecule has 1 unspecified atom stereocenters. The summed E-state index contributed by atoms with van der Waals surface area (Å²) in [5, 5.41) is 17.3. The number of carbonyl (C=O) groups is 1. The summed E-state index contributed by atoms with van der Waals surface area (Å²) < 4.78 is 1.11. The van der Waals surface area contributed by atoms with Crippen LogP contribution in [-0.2, 0) is 4.79 Å². The number of aliphatic hydroxyl groups excluding tert-OH is 1. The van der Waals surface area contributed by atoms with Gasteiger partial charge in [-0.05, 0) is 19.8 Å². The van der Waals surface area contributed by atoms with E-state index in [1.165, 1.54) is 25.8 Å². The van der Waals surface area contributed by atoms with Crippen LogP contribution in [0.15, 0.2) is 0 Å². The summed E-state index contributed by atoms with van der Waals surface area (Å²) >= 11 is 0. The van der Waals surface area contributed by atoms with E-state index in [0.29, 0.717) is 0 Å². The minimum atomic E-state index is -1.44. The van der Waals surface area contributed by atoms with E-state index in [2.05, 4.69) is 28.1 Å². The SMILES string of the molecule is CC(O)C(=O)[O-].CCCCC[N+](C)(C)C. The van der Waals surface area contributed by atoms with Gasteiger partial charge in [0.25, 0.3) is 0 Å². The molecule has 4 heteroatoms. The molecule has 0 fully saturated rings. The van der Waals surface area contributed by atoms with E-state index in [1.54, 1.807) is 0 Å². The van der Waals surface area contributed by atoms with Gasteiger partial charge in [-0.3, -0.25) is 0 Å². The highest BCUT2D eigenvalue weighted by atomic mass is 16.4. The van der Waals surface area contributed by atoms with Crippen molar-refractivity contribution in [3.8, 4) is 0 Å². The molecule has 0 aliphatic rings. The largest absolute Gasteiger partial charge is 0.547 e. The second-order valence-corrected chi connectivity index (χ2v) is 4.72. The first-order valence-corrected chi connectivity index (χ1v) is 5.40. The van der Waals surface area contributed by atoms with Gasteiger partial charge >= 0.3 is 0 Å². The topological polar surface area (TPSA) is 60.4 Å². The minimum Gasteiger partial charge on any atom is -0.547 e. The first-order chi connectivity index (χ1) is 6.70. The molecule has 0 saturated carbocycles. The smallest absolute Gasteiger partial charge is 0.0905 e. The lowest BCUT2D eigenvalue weighted by Gasteiger charge is -2.23. The van der Waals surface area contributed by atoms with Crippen LogP contribution < -0.4 is 5.11 Å².